The molecular formula is C11H12KN3O3S. The average molecular weight is 305 g/mol. The molecule has 0 spiro atoms. The molecule has 8 heteroatoms. The Bertz CT molecular complexity index is 507. The first-order valence-electron chi connectivity index (χ1n) is 5.10. The summed E-state index contributed by atoms with van der Waals surface area (Å²) < 4.78 is 5.24. The summed E-state index contributed by atoms with van der Waals surface area (Å²) in [5, 5.41) is 8.68. The second-order valence-electron chi connectivity index (χ2n) is 2.86. The maximum atomic E-state index is 10.5. The Morgan fingerprint density at radius 3 is 2.68 bits per heavy atom. The van der Waals surface area contributed by atoms with E-state index in [2.05, 4.69) is 15.0 Å². The van der Waals surface area contributed by atoms with Crippen LogP contribution in [0.25, 0.3) is 10.6 Å². The largest absolute Gasteiger partial charge is 1.00 e. The zero-order valence-electron chi connectivity index (χ0n) is 11.0. The van der Waals surface area contributed by atoms with E-state index in [-0.39, 0.29) is 51.4 Å². The Morgan fingerprint density at radius 1 is 1.37 bits per heavy atom. The normalized spacial score (nSPS) is 8.79. The molecule has 6 nitrogen and oxygen atoms in total. The first-order valence-corrected chi connectivity index (χ1v) is 5.92. The summed E-state index contributed by atoms with van der Waals surface area (Å²) in [6, 6.07) is 0. The molecule has 0 fully saturated rings. The molecule has 0 saturated carbocycles. The first-order chi connectivity index (χ1) is 8.83. The molecule has 19 heavy (non-hydrogen) atoms. The van der Waals surface area contributed by atoms with Crippen LogP contribution in [0.3, 0.4) is 0 Å². The van der Waals surface area contributed by atoms with Gasteiger partial charge in [0, 0.05) is 6.20 Å². The molecule has 2 aromatic rings. The fourth-order valence-electron chi connectivity index (χ4n) is 1.14. The van der Waals surface area contributed by atoms with Crippen LogP contribution in [0.1, 0.15) is 16.7 Å². The van der Waals surface area contributed by atoms with Crippen molar-refractivity contribution in [3.63, 3.8) is 0 Å². The quantitative estimate of drug-likeness (QED) is 0.470. The number of rotatable bonds is 4. The van der Waals surface area contributed by atoms with Crippen molar-refractivity contribution in [2.45, 2.75) is 6.92 Å². The van der Waals surface area contributed by atoms with Crippen molar-refractivity contribution in [2.75, 3.05) is 13.7 Å². The predicted octanol–water partition coefficient (Wildman–Crippen LogP) is -2.21. The van der Waals surface area contributed by atoms with Gasteiger partial charge < -0.3 is 9.84 Å². The summed E-state index contributed by atoms with van der Waals surface area (Å²) in [6.07, 6.45) is 5.49. The zero-order chi connectivity index (χ0) is 13.4. The number of carbonyl (C=O) groups is 1. The van der Waals surface area contributed by atoms with Crippen LogP contribution in [0.5, 0.6) is 5.88 Å². The zero-order valence-corrected chi connectivity index (χ0v) is 14.9. The molecule has 0 atom stereocenters. The van der Waals surface area contributed by atoms with Gasteiger partial charge in [0.25, 0.3) is 0 Å². The molecule has 0 bridgehead atoms. The number of aldehydes is 1. The number of carbonyl (C=O) groups excluding carboxylic acids is 1. The summed E-state index contributed by atoms with van der Waals surface area (Å²) in [6.45, 7) is 2.42. The Labute approximate surface area is 157 Å². The van der Waals surface area contributed by atoms with E-state index >= 15 is 0 Å². The number of thiazole rings is 1. The maximum Gasteiger partial charge on any atom is 1.00 e. The maximum absolute atomic E-state index is 10.5. The minimum Gasteiger partial charge on any atom is -0.857 e. The molecule has 0 saturated heterocycles. The van der Waals surface area contributed by atoms with Crippen LogP contribution in [0.15, 0.2) is 18.6 Å². The number of hydrogen-bond acceptors (Lipinski definition) is 7. The number of aromatic nitrogens is 3. The van der Waals surface area contributed by atoms with Gasteiger partial charge in [-0.15, -0.1) is 11.3 Å². The van der Waals surface area contributed by atoms with E-state index in [4.69, 9.17) is 9.84 Å². The summed E-state index contributed by atoms with van der Waals surface area (Å²) in [7, 11) is 0.750. The van der Waals surface area contributed by atoms with E-state index in [9.17, 15) is 4.79 Å². The number of nitrogens with zero attached hydrogens (tertiary/aromatic N) is 3. The fourth-order valence-corrected chi connectivity index (χ4v) is 1.83. The van der Waals surface area contributed by atoms with Crippen molar-refractivity contribution in [1.29, 1.82) is 0 Å². The Hall–Kier alpha value is -0.224. The van der Waals surface area contributed by atoms with Crippen molar-refractivity contribution >= 4 is 17.6 Å². The summed E-state index contributed by atoms with van der Waals surface area (Å²) in [5.74, 6) is 0.473. The van der Waals surface area contributed by atoms with Gasteiger partial charge in [0.1, 0.15) is 5.69 Å². The predicted molar refractivity (Wildman–Crippen MR) is 65.6 cm³/mol. The molecule has 96 valence electrons. The van der Waals surface area contributed by atoms with E-state index in [0.717, 1.165) is 12.0 Å². The van der Waals surface area contributed by atoms with Gasteiger partial charge >= 0.3 is 51.4 Å². The third-order valence-corrected chi connectivity index (χ3v) is 2.73. The van der Waals surface area contributed by atoms with Gasteiger partial charge in [-0.2, -0.15) is 7.11 Å². The van der Waals surface area contributed by atoms with Crippen LogP contribution in [0.2, 0.25) is 0 Å². The molecule has 0 aliphatic carbocycles. The third-order valence-electron chi connectivity index (χ3n) is 1.78. The molecule has 0 unspecified atom stereocenters. The molecule has 2 aromatic heterocycles. The summed E-state index contributed by atoms with van der Waals surface area (Å²) in [4.78, 5) is 23.5. The minimum absolute atomic E-state index is 0. The van der Waals surface area contributed by atoms with Gasteiger partial charge in [-0.3, -0.25) is 9.78 Å². The molecule has 0 radical (unpaired) electrons. The Kier molecular flexibility index (Phi) is 10.4. The summed E-state index contributed by atoms with van der Waals surface area (Å²) in [5.41, 5.74) is 0.663. The fraction of sp³-hybridized carbons (Fsp3) is 0.273. The Balaban J connectivity index is 0.00000103. The van der Waals surface area contributed by atoms with Crippen LogP contribution in [-0.2, 0) is 0 Å². The van der Waals surface area contributed by atoms with Crippen molar-refractivity contribution in [3.05, 3.63) is 23.6 Å². The molecule has 0 amide bonds. The third kappa shape index (κ3) is 5.73. The van der Waals surface area contributed by atoms with Crippen LogP contribution >= 0.6 is 11.3 Å². The number of hydrogen-bond donors (Lipinski definition) is 0. The van der Waals surface area contributed by atoms with Gasteiger partial charge in [-0.05, 0) is 6.92 Å². The van der Waals surface area contributed by atoms with E-state index in [1.54, 1.807) is 18.6 Å². The van der Waals surface area contributed by atoms with E-state index in [1.807, 2.05) is 6.92 Å². The first kappa shape index (κ1) is 18.8. The molecule has 0 aliphatic rings. The minimum atomic E-state index is 0. The topological polar surface area (TPSA) is 88.0 Å². The van der Waals surface area contributed by atoms with Crippen molar-refractivity contribution < 1.29 is 66.0 Å². The van der Waals surface area contributed by atoms with Gasteiger partial charge in [0.15, 0.2) is 11.3 Å². The van der Waals surface area contributed by atoms with Gasteiger partial charge in [-0.1, -0.05) is 0 Å². The molecular weight excluding hydrogens is 293 g/mol. The summed E-state index contributed by atoms with van der Waals surface area (Å²) >= 11 is 1.28. The van der Waals surface area contributed by atoms with E-state index in [0.29, 0.717) is 29.5 Å². The van der Waals surface area contributed by atoms with Crippen molar-refractivity contribution in [2.24, 2.45) is 0 Å². The average Bonchev–Trinajstić information content (AvgIpc) is 2.91. The van der Waals surface area contributed by atoms with Gasteiger partial charge in [0.05, 0.1) is 23.9 Å². The monoisotopic (exact) mass is 305 g/mol. The van der Waals surface area contributed by atoms with E-state index in [1.165, 1.54) is 11.3 Å². The van der Waals surface area contributed by atoms with Gasteiger partial charge in [-0.25, -0.2) is 9.97 Å². The standard InChI is InChI=1S/C10H9N3O2S.CH3O.K/c1-2-15-9-5-11-3-7(13-9)8-4-12-10(6-14)16-8;1-2;/h3-6H,2H2,1H3;1H3;/q;-1;+1. The van der Waals surface area contributed by atoms with E-state index < -0.39 is 0 Å². The number of ether oxygens (including phenoxy) is 1. The van der Waals surface area contributed by atoms with Crippen LogP contribution in [0, 0.1) is 0 Å². The molecule has 2 rings (SSSR count). The molecule has 2 heterocycles. The Morgan fingerprint density at radius 2 is 2.11 bits per heavy atom. The van der Waals surface area contributed by atoms with Crippen molar-refractivity contribution in [3.8, 4) is 16.5 Å². The smallest absolute Gasteiger partial charge is 0.857 e. The SMILES string of the molecule is CCOc1cncc(-c2cnc(C=O)s2)n1.C[O-].[K+]. The second-order valence-corrected chi connectivity index (χ2v) is 3.92. The van der Waals surface area contributed by atoms with Crippen molar-refractivity contribution in [1.82, 2.24) is 15.0 Å². The van der Waals surface area contributed by atoms with Crippen LogP contribution < -0.4 is 61.2 Å². The molecule has 0 aliphatic heterocycles. The van der Waals surface area contributed by atoms with Crippen LogP contribution in [0.4, 0.5) is 0 Å². The second kappa shape index (κ2) is 10.6. The molecule has 0 N–H and O–H groups in total. The van der Waals surface area contributed by atoms with Gasteiger partial charge in [0.2, 0.25) is 5.88 Å². The van der Waals surface area contributed by atoms with Crippen LogP contribution in [-0.4, -0.2) is 35.0 Å². The molecule has 0 aromatic carbocycles.